The third-order valence-corrected chi connectivity index (χ3v) is 3.02. The monoisotopic (exact) mass is 287 g/mol. The summed E-state index contributed by atoms with van der Waals surface area (Å²) >= 11 is 0. The zero-order chi connectivity index (χ0) is 15.3. The van der Waals surface area contributed by atoms with Crippen molar-refractivity contribution in [2.45, 2.75) is 58.3 Å². The van der Waals surface area contributed by atoms with Gasteiger partial charge in [0.1, 0.15) is 5.60 Å². The van der Waals surface area contributed by atoms with Gasteiger partial charge in [0.15, 0.2) is 6.10 Å². The third kappa shape index (κ3) is 5.36. The lowest BCUT2D eigenvalue weighted by Gasteiger charge is -2.34. The summed E-state index contributed by atoms with van der Waals surface area (Å²) in [6.07, 6.45) is 0.499. The van der Waals surface area contributed by atoms with Crippen molar-refractivity contribution in [2.24, 2.45) is 0 Å². The first-order chi connectivity index (χ1) is 9.23. The van der Waals surface area contributed by atoms with Gasteiger partial charge in [0.2, 0.25) is 0 Å². The van der Waals surface area contributed by atoms with Crippen molar-refractivity contribution in [3.63, 3.8) is 0 Å². The lowest BCUT2D eigenvalue weighted by Crippen LogP contribution is -2.44. The predicted molar refractivity (Wildman–Crippen MR) is 73.4 cm³/mol. The summed E-state index contributed by atoms with van der Waals surface area (Å²) in [5, 5.41) is 0. The number of hydrogen-bond acceptors (Lipinski definition) is 5. The molecule has 1 amide bonds. The zero-order valence-corrected chi connectivity index (χ0v) is 13.0. The summed E-state index contributed by atoms with van der Waals surface area (Å²) in [4.78, 5) is 24.8. The number of rotatable bonds is 3. The number of methoxy groups -OCH3 is 1. The molecule has 6 nitrogen and oxygen atoms in total. The van der Waals surface area contributed by atoms with Crippen LogP contribution in [0.25, 0.3) is 0 Å². The Bertz CT molecular complexity index is 342. The summed E-state index contributed by atoms with van der Waals surface area (Å²) in [7, 11) is 1.34. The minimum absolute atomic E-state index is 0.0252. The fourth-order valence-electron chi connectivity index (χ4n) is 2.01. The molecule has 1 saturated heterocycles. The number of carbonyl (C=O) groups is 2. The van der Waals surface area contributed by atoms with Crippen LogP contribution in [-0.2, 0) is 19.0 Å². The van der Waals surface area contributed by atoms with Crippen LogP contribution in [0.15, 0.2) is 0 Å². The van der Waals surface area contributed by atoms with E-state index in [9.17, 15) is 9.59 Å². The van der Waals surface area contributed by atoms with Gasteiger partial charge in [-0.1, -0.05) is 0 Å². The van der Waals surface area contributed by atoms with E-state index < -0.39 is 11.7 Å². The third-order valence-electron chi connectivity index (χ3n) is 3.02. The summed E-state index contributed by atoms with van der Waals surface area (Å²) in [5.74, 6) is -0.375. The fourth-order valence-corrected chi connectivity index (χ4v) is 2.01. The van der Waals surface area contributed by atoms with Gasteiger partial charge in [-0.2, -0.15) is 0 Å². The predicted octanol–water partition coefficient (Wildman–Crippen LogP) is 1.96. The average Bonchev–Trinajstić information content (AvgIpc) is 2.36. The van der Waals surface area contributed by atoms with E-state index in [2.05, 4.69) is 4.74 Å². The maximum Gasteiger partial charge on any atom is 0.410 e. The van der Waals surface area contributed by atoms with E-state index in [4.69, 9.17) is 9.47 Å². The first-order valence-electron chi connectivity index (χ1n) is 6.94. The van der Waals surface area contributed by atoms with E-state index in [-0.39, 0.29) is 18.2 Å². The molecule has 1 aliphatic heterocycles. The number of piperidine rings is 1. The summed E-state index contributed by atoms with van der Waals surface area (Å²) in [6.45, 7) is 8.36. The summed E-state index contributed by atoms with van der Waals surface area (Å²) < 4.78 is 15.6. The van der Waals surface area contributed by atoms with Gasteiger partial charge < -0.3 is 19.1 Å². The van der Waals surface area contributed by atoms with Crippen molar-refractivity contribution in [1.82, 2.24) is 4.90 Å². The van der Waals surface area contributed by atoms with Crippen LogP contribution < -0.4 is 0 Å². The lowest BCUT2D eigenvalue weighted by atomic mass is 10.1. The number of nitrogens with zero attached hydrogens (tertiary/aromatic N) is 1. The summed E-state index contributed by atoms with van der Waals surface area (Å²) in [6, 6.07) is 0. The molecular formula is C14H25NO5. The number of hydrogen-bond donors (Lipinski definition) is 0. The highest BCUT2D eigenvalue weighted by Gasteiger charge is 2.29. The maximum absolute atomic E-state index is 11.9. The van der Waals surface area contributed by atoms with Gasteiger partial charge >= 0.3 is 12.1 Å². The van der Waals surface area contributed by atoms with Crippen molar-refractivity contribution in [1.29, 1.82) is 0 Å². The maximum atomic E-state index is 11.9. The van der Waals surface area contributed by atoms with Crippen LogP contribution in [-0.4, -0.2) is 55.0 Å². The Labute approximate surface area is 120 Å². The Kier molecular flexibility index (Phi) is 5.80. The molecule has 0 unspecified atom stereocenters. The molecule has 0 aromatic rings. The molecule has 0 aromatic heterocycles. The molecule has 0 N–H and O–H groups in total. The van der Waals surface area contributed by atoms with Gasteiger partial charge in [-0.3, -0.25) is 0 Å². The number of amides is 1. The molecule has 1 atom stereocenters. The van der Waals surface area contributed by atoms with Crippen LogP contribution in [0.3, 0.4) is 0 Å². The molecule has 0 aliphatic carbocycles. The van der Waals surface area contributed by atoms with E-state index >= 15 is 0 Å². The Morgan fingerprint density at radius 1 is 1.20 bits per heavy atom. The first kappa shape index (κ1) is 16.8. The highest BCUT2D eigenvalue weighted by atomic mass is 16.6. The molecule has 0 bridgehead atoms. The van der Waals surface area contributed by atoms with Crippen LogP contribution in [0, 0.1) is 0 Å². The smallest absolute Gasteiger partial charge is 0.410 e. The minimum atomic E-state index is -0.571. The van der Waals surface area contributed by atoms with Crippen molar-refractivity contribution >= 4 is 12.1 Å². The normalized spacial score (nSPS) is 18.6. The second kappa shape index (κ2) is 6.92. The summed E-state index contributed by atoms with van der Waals surface area (Å²) in [5.41, 5.74) is -0.482. The standard InChI is InChI=1S/C14H25NO5/c1-10(12(16)18-5)19-11-6-8-15(9-7-11)13(17)20-14(2,3)4/h10-11H,6-9H2,1-5H3/t10-/m1/s1. The van der Waals surface area contributed by atoms with Crippen molar-refractivity contribution in [3.8, 4) is 0 Å². The molecule has 116 valence electrons. The molecule has 0 saturated carbocycles. The van der Waals surface area contributed by atoms with E-state index in [1.54, 1.807) is 11.8 Å². The van der Waals surface area contributed by atoms with Crippen molar-refractivity contribution in [2.75, 3.05) is 20.2 Å². The Morgan fingerprint density at radius 2 is 1.75 bits per heavy atom. The molecule has 1 aliphatic rings. The number of ether oxygens (including phenoxy) is 3. The molecule has 1 heterocycles. The highest BCUT2D eigenvalue weighted by molar-refractivity contribution is 5.74. The Morgan fingerprint density at radius 3 is 2.20 bits per heavy atom. The molecule has 0 radical (unpaired) electrons. The average molecular weight is 287 g/mol. The molecule has 20 heavy (non-hydrogen) atoms. The Hall–Kier alpha value is -1.30. The van der Waals surface area contributed by atoms with Crippen molar-refractivity contribution < 1.29 is 23.8 Å². The molecule has 1 rings (SSSR count). The second-order valence-electron chi connectivity index (χ2n) is 5.97. The van der Waals surface area contributed by atoms with Crippen LogP contribution >= 0.6 is 0 Å². The van der Waals surface area contributed by atoms with Crippen molar-refractivity contribution in [3.05, 3.63) is 0 Å². The topological polar surface area (TPSA) is 65.1 Å². The van der Waals surface area contributed by atoms with E-state index in [1.807, 2.05) is 20.8 Å². The SMILES string of the molecule is COC(=O)[C@@H](C)OC1CCN(C(=O)OC(C)(C)C)CC1. The van der Waals surface area contributed by atoms with Gasteiger partial charge in [0.25, 0.3) is 0 Å². The van der Waals surface area contributed by atoms with Gasteiger partial charge in [-0.15, -0.1) is 0 Å². The van der Waals surface area contributed by atoms with Crippen LogP contribution in [0.1, 0.15) is 40.5 Å². The van der Waals surface area contributed by atoms with Gasteiger partial charge in [0.05, 0.1) is 13.2 Å². The molecular weight excluding hydrogens is 262 g/mol. The fraction of sp³-hybridized carbons (Fsp3) is 0.857. The van der Waals surface area contributed by atoms with E-state index in [0.717, 1.165) is 0 Å². The largest absolute Gasteiger partial charge is 0.467 e. The van der Waals surface area contributed by atoms with Crippen LogP contribution in [0.2, 0.25) is 0 Å². The minimum Gasteiger partial charge on any atom is -0.467 e. The van der Waals surface area contributed by atoms with Crippen LogP contribution in [0.5, 0.6) is 0 Å². The first-order valence-corrected chi connectivity index (χ1v) is 6.94. The van der Waals surface area contributed by atoms with E-state index in [0.29, 0.717) is 25.9 Å². The number of carbonyl (C=O) groups excluding carboxylic acids is 2. The zero-order valence-electron chi connectivity index (χ0n) is 13.0. The Balaban J connectivity index is 2.36. The van der Waals surface area contributed by atoms with Gasteiger partial charge in [-0.25, -0.2) is 9.59 Å². The molecule has 0 spiro atoms. The quantitative estimate of drug-likeness (QED) is 0.742. The highest BCUT2D eigenvalue weighted by Crippen LogP contribution is 2.18. The number of esters is 1. The van der Waals surface area contributed by atoms with Gasteiger partial charge in [-0.05, 0) is 40.5 Å². The van der Waals surface area contributed by atoms with Crippen LogP contribution in [0.4, 0.5) is 4.79 Å². The van der Waals surface area contributed by atoms with E-state index in [1.165, 1.54) is 7.11 Å². The molecule has 6 heteroatoms. The lowest BCUT2D eigenvalue weighted by molar-refractivity contribution is -0.158. The number of likely N-dealkylation sites (tertiary alicyclic amines) is 1. The molecule has 0 aromatic carbocycles. The second-order valence-corrected chi connectivity index (χ2v) is 5.97. The molecule has 1 fully saturated rings. The van der Waals surface area contributed by atoms with Gasteiger partial charge in [0, 0.05) is 13.1 Å².